The molecule has 0 aliphatic carbocycles. The maximum Gasteiger partial charge on any atom is 0.253 e. The van der Waals surface area contributed by atoms with Crippen molar-refractivity contribution in [3.8, 4) is 0 Å². The van der Waals surface area contributed by atoms with Gasteiger partial charge < -0.3 is 0 Å². The van der Waals surface area contributed by atoms with Crippen LogP contribution in [0.1, 0.15) is 4.88 Å². The van der Waals surface area contributed by atoms with Crippen molar-refractivity contribution in [3.63, 3.8) is 0 Å². The number of sulfonamides is 1. The zero-order valence-electron chi connectivity index (χ0n) is 7.54. The molecule has 0 amide bonds. The third-order valence-electron chi connectivity index (χ3n) is 1.49. The Morgan fingerprint density at radius 3 is 2.31 bits per heavy atom. The molecule has 74 valence electrons. The second kappa shape index (κ2) is 3.68. The fourth-order valence-corrected chi connectivity index (χ4v) is 4.68. The summed E-state index contributed by atoms with van der Waals surface area (Å²) in [5.41, 5.74) is 0. The summed E-state index contributed by atoms with van der Waals surface area (Å²) in [6.07, 6.45) is 0. The van der Waals surface area contributed by atoms with Crippen LogP contribution in [0.4, 0.5) is 0 Å². The molecule has 0 atom stereocenters. The van der Waals surface area contributed by atoms with Gasteiger partial charge >= 0.3 is 0 Å². The van der Waals surface area contributed by atoms with Gasteiger partial charge in [0.2, 0.25) is 0 Å². The van der Waals surface area contributed by atoms with Gasteiger partial charge in [0.1, 0.15) is 4.21 Å². The molecule has 6 heteroatoms. The maximum absolute atomic E-state index is 11.7. The molecule has 1 rings (SSSR count). The monoisotopic (exact) mass is 283 g/mol. The number of hydrogen-bond donors (Lipinski definition) is 0. The number of nitrogens with zero attached hydrogens (tertiary/aromatic N) is 1. The van der Waals surface area contributed by atoms with Crippen molar-refractivity contribution in [1.29, 1.82) is 0 Å². The summed E-state index contributed by atoms with van der Waals surface area (Å²) >= 11 is 4.50. The Hall–Kier alpha value is 0.0900. The molecule has 0 aliphatic rings. The normalized spacial score (nSPS) is 12.4. The molecule has 0 aliphatic heterocycles. The Morgan fingerprint density at radius 2 is 2.00 bits per heavy atom. The van der Waals surface area contributed by atoms with E-state index in [2.05, 4.69) is 15.9 Å². The van der Waals surface area contributed by atoms with Gasteiger partial charge in [-0.25, -0.2) is 12.7 Å². The smallest absolute Gasteiger partial charge is 0.206 e. The molecule has 0 saturated carbocycles. The molecule has 13 heavy (non-hydrogen) atoms. The number of hydrogen-bond acceptors (Lipinski definition) is 3. The van der Waals surface area contributed by atoms with E-state index < -0.39 is 10.0 Å². The molecule has 0 unspecified atom stereocenters. The van der Waals surface area contributed by atoms with Gasteiger partial charge in [0, 0.05) is 23.4 Å². The third kappa shape index (κ3) is 2.12. The van der Waals surface area contributed by atoms with E-state index in [0.717, 1.165) is 4.88 Å². The minimum absolute atomic E-state index is 0.370. The molecule has 0 fully saturated rings. The molecule has 0 saturated heterocycles. The van der Waals surface area contributed by atoms with Crippen molar-refractivity contribution < 1.29 is 8.42 Å². The third-order valence-corrected chi connectivity index (χ3v) is 6.02. The first-order chi connectivity index (χ1) is 5.85. The van der Waals surface area contributed by atoms with Crippen molar-refractivity contribution in [2.24, 2.45) is 0 Å². The summed E-state index contributed by atoms with van der Waals surface area (Å²) in [4.78, 5) is 0.979. The summed E-state index contributed by atoms with van der Waals surface area (Å²) in [5, 5.41) is 0. The van der Waals surface area contributed by atoms with E-state index in [0.29, 0.717) is 8.68 Å². The average molecular weight is 284 g/mol. The standard InChI is InChI=1S/C7H10BrNO2S2/c1-5-4-6(8)7(12-5)13(10,11)9(2)3/h4H,1-3H3. The molecule has 1 aromatic rings. The second-order valence-corrected chi connectivity index (χ2v) is 7.24. The van der Waals surface area contributed by atoms with Crippen molar-refractivity contribution in [2.45, 2.75) is 11.1 Å². The van der Waals surface area contributed by atoms with Gasteiger partial charge in [-0.15, -0.1) is 11.3 Å². The lowest BCUT2D eigenvalue weighted by Gasteiger charge is -2.09. The van der Waals surface area contributed by atoms with Crippen LogP contribution in [0.3, 0.4) is 0 Å². The fraction of sp³-hybridized carbons (Fsp3) is 0.429. The van der Waals surface area contributed by atoms with Crippen molar-refractivity contribution in [3.05, 3.63) is 15.4 Å². The summed E-state index contributed by atoms with van der Waals surface area (Å²) < 4.78 is 25.6. The van der Waals surface area contributed by atoms with Crippen LogP contribution >= 0.6 is 27.3 Å². The van der Waals surface area contributed by atoms with Crippen molar-refractivity contribution >= 4 is 37.3 Å². The predicted octanol–water partition coefficient (Wildman–Crippen LogP) is 2.07. The summed E-state index contributed by atoms with van der Waals surface area (Å²) in [7, 11) is -0.233. The van der Waals surface area contributed by atoms with Gasteiger partial charge in [-0.05, 0) is 28.9 Å². The van der Waals surface area contributed by atoms with E-state index in [1.165, 1.54) is 29.7 Å². The molecule has 0 bridgehead atoms. The largest absolute Gasteiger partial charge is 0.253 e. The molecular weight excluding hydrogens is 274 g/mol. The van der Waals surface area contributed by atoms with Crippen LogP contribution in [0.25, 0.3) is 0 Å². The predicted molar refractivity (Wildman–Crippen MR) is 57.6 cm³/mol. The van der Waals surface area contributed by atoms with E-state index in [4.69, 9.17) is 0 Å². The van der Waals surface area contributed by atoms with E-state index in [-0.39, 0.29) is 0 Å². The zero-order chi connectivity index (χ0) is 10.2. The van der Waals surface area contributed by atoms with Crippen LogP contribution in [-0.4, -0.2) is 26.8 Å². The van der Waals surface area contributed by atoms with Gasteiger partial charge in [-0.1, -0.05) is 0 Å². The number of halogens is 1. The number of aryl methyl sites for hydroxylation is 1. The quantitative estimate of drug-likeness (QED) is 0.833. The fourth-order valence-electron chi connectivity index (χ4n) is 0.804. The van der Waals surface area contributed by atoms with Crippen LogP contribution in [-0.2, 0) is 10.0 Å². The molecule has 0 N–H and O–H groups in total. The highest BCUT2D eigenvalue weighted by molar-refractivity contribution is 9.10. The van der Waals surface area contributed by atoms with Crippen LogP contribution in [0, 0.1) is 6.92 Å². The molecule has 0 radical (unpaired) electrons. The number of thiophene rings is 1. The molecule has 1 aromatic heterocycles. The molecule has 1 heterocycles. The molecule has 3 nitrogen and oxygen atoms in total. The highest BCUT2D eigenvalue weighted by Gasteiger charge is 2.22. The number of rotatable bonds is 2. The highest BCUT2D eigenvalue weighted by Crippen LogP contribution is 2.32. The minimum Gasteiger partial charge on any atom is -0.206 e. The Morgan fingerprint density at radius 1 is 1.46 bits per heavy atom. The van der Waals surface area contributed by atoms with E-state index in [1.54, 1.807) is 6.07 Å². The average Bonchev–Trinajstić information content (AvgIpc) is 2.30. The topological polar surface area (TPSA) is 37.4 Å². The van der Waals surface area contributed by atoms with E-state index >= 15 is 0 Å². The maximum atomic E-state index is 11.7. The van der Waals surface area contributed by atoms with Gasteiger partial charge in [0.15, 0.2) is 0 Å². The molecule has 0 spiro atoms. The Balaban J connectivity index is 3.31. The lowest BCUT2D eigenvalue weighted by molar-refractivity contribution is 0.522. The van der Waals surface area contributed by atoms with Crippen LogP contribution < -0.4 is 0 Å². The van der Waals surface area contributed by atoms with E-state index in [1.807, 2.05) is 6.92 Å². The zero-order valence-corrected chi connectivity index (χ0v) is 10.8. The van der Waals surface area contributed by atoms with Crippen LogP contribution in [0.5, 0.6) is 0 Å². The van der Waals surface area contributed by atoms with Gasteiger partial charge in [-0.3, -0.25) is 0 Å². The summed E-state index contributed by atoms with van der Waals surface area (Å²) in [6, 6.07) is 1.81. The Kier molecular flexibility index (Phi) is 3.16. The lowest BCUT2D eigenvalue weighted by Crippen LogP contribution is -2.21. The SMILES string of the molecule is Cc1cc(Br)c(S(=O)(=O)N(C)C)s1. The first-order valence-corrected chi connectivity index (χ1v) is 6.59. The minimum atomic E-state index is -3.28. The highest BCUT2D eigenvalue weighted by atomic mass is 79.9. The summed E-state index contributed by atoms with van der Waals surface area (Å²) in [6.45, 7) is 1.88. The summed E-state index contributed by atoms with van der Waals surface area (Å²) in [5.74, 6) is 0. The first kappa shape index (κ1) is 11.2. The van der Waals surface area contributed by atoms with Crippen molar-refractivity contribution in [2.75, 3.05) is 14.1 Å². The van der Waals surface area contributed by atoms with Gasteiger partial charge in [0.25, 0.3) is 10.0 Å². The molecule has 0 aromatic carbocycles. The van der Waals surface area contributed by atoms with Crippen LogP contribution in [0.15, 0.2) is 14.7 Å². The second-order valence-electron chi connectivity index (χ2n) is 2.78. The van der Waals surface area contributed by atoms with E-state index in [9.17, 15) is 8.42 Å². The first-order valence-electron chi connectivity index (χ1n) is 3.54. The Labute approximate surface area is 90.6 Å². The Bertz CT molecular complexity index is 408. The molecular formula is C7H10BrNO2S2. The van der Waals surface area contributed by atoms with Crippen molar-refractivity contribution in [1.82, 2.24) is 4.31 Å². The van der Waals surface area contributed by atoms with Gasteiger partial charge in [-0.2, -0.15) is 0 Å². The lowest BCUT2D eigenvalue weighted by atomic mass is 10.5. The van der Waals surface area contributed by atoms with Crippen LogP contribution in [0.2, 0.25) is 0 Å². The van der Waals surface area contributed by atoms with Gasteiger partial charge in [0.05, 0.1) is 0 Å².